The van der Waals surface area contributed by atoms with Gasteiger partial charge in [-0.05, 0) is 50.6 Å². The minimum absolute atomic E-state index is 0. The predicted octanol–water partition coefficient (Wildman–Crippen LogP) is 3.26. The Morgan fingerprint density at radius 1 is 1.18 bits per heavy atom. The summed E-state index contributed by atoms with van der Waals surface area (Å²) in [4.78, 5) is 7.03. The van der Waals surface area contributed by atoms with Gasteiger partial charge in [-0.1, -0.05) is 26.0 Å². The van der Waals surface area contributed by atoms with Crippen LogP contribution in [0.15, 0.2) is 29.3 Å². The van der Waals surface area contributed by atoms with Gasteiger partial charge in [0.05, 0.1) is 12.6 Å². The SMILES string of the molecule is CCNC(=NCc1ccc(OCCN(CC)CC)cc1)NCC1CCCO1.I. The molecule has 0 radical (unpaired) electrons. The molecule has 0 amide bonds. The second kappa shape index (κ2) is 14.9. The zero-order valence-corrected chi connectivity index (χ0v) is 19.9. The maximum atomic E-state index is 5.84. The molecule has 1 unspecified atom stereocenters. The number of hydrogen-bond donors (Lipinski definition) is 2. The molecule has 28 heavy (non-hydrogen) atoms. The van der Waals surface area contributed by atoms with Gasteiger partial charge in [0.2, 0.25) is 0 Å². The van der Waals surface area contributed by atoms with Crippen LogP contribution in [0.5, 0.6) is 5.75 Å². The fraction of sp³-hybridized carbons (Fsp3) is 0.667. The fourth-order valence-electron chi connectivity index (χ4n) is 3.05. The summed E-state index contributed by atoms with van der Waals surface area (Å²) in [5.74, 6) is 1.76. The maximum Gasteiger partial charge on any atom is 0.191 e. The molecule has 2 rings (SSSR count). The highest BCUT2D eigenvalue weighted by Crippen LogP contribution is 2.13. The zero-order valence-electron chi connectivity index (χ0n) is 17.6. The molecule has 1 aromatic carbocycles. The number of benzene rings is 1. The molecule has 0 aliphatic carbocycles. The van der Waals surface area contributed by atoms with E-state index in [9.17, 15) is 0 Å². The lowest BCUT2D eigenvalue weighted by molar-refractivity contribution is 0.114. The Balaban J connectivity index is 0.00000392. The third kappa shape index (κ3) is 9.43. The van der Waals surface area contributed by atoms with Gasteiger partial charge in [-0.2, -0.15) is 0 Å². The zero-order chi connectivity index (χ0) is 19.3. The van der Waals surface area contributed by atoms with Gasteiger partial charge in [-0.25, -0.2) is 4.99 Å². The molecule has 2 N–H and O–H groups in total. The average Bonchev–Trinajstić information content (AvgIpc) is 3.22. The normalized spacial score (nSPS) is 16.7. The second-order valence-electron chi connectivity index (χ2n) is 6.73. The van der Waals surface area contributed by atoms with E-state index < -0.39 is 0 Å². The standard InChI is InChI=1S/C21H36N4O2.HI/c1-4-22-21(24-17-20-8-7-14-26-20)23-16-18-9-11-19(12-10-18)27-15-13-25(5-2)6-3;/h9-12,20H,4-8,13-17H2,1-3H3,(H2,22,23,24);1H. The van der Waals surface area contributed by atoms with Crippen LogP contribution in [0.3, 0.4) is 0 Å². The molecule has 0 spiro atoms. The van der Waals surface area contributed by atoms with E-state index in [0.29, 0.717) is 12.6 Å². The summed E-state index contributed by atoms with van der Waals surface area (Å²) in [6.45, 7) is 13.4. The van der Waals surface area contributed by atoms with Crippen LogP contribution >= 0.6 is 24.0 Å². The second-order valence-corrected chi connectivity index (χ2v) is 6.73. The maximum absolute atomic E-state index is 5.84. The van der Waals surface area contributed by atoms with Gasteiger partial charge in [-0.15, -0.1) is 24.0 Å². The first-order valence-electron chi connectivity index (χ1n) is 10.3. The van der Waals surface area contributed by atoms with Crippen molar-refractivity contribution in [2.45, 2.75) is 46.3 Å². The van der Waals surface area contributed by atoms with Crippen LogP contribution in [-0.4, -0.2) is 62.9 Å². The van der Waals surface area contributed by atoms with Gasteiger partial charge in [0.25, 0.3) is 0 Å². The average molecular weight is 504 g/mol. The first-order valence-corrected chi connectivity index (χ1v) is 10.3. The highest BCUT2D eigenvalue weighted by molar-refractivity contribution is 14.0. The van der Waals surface area contributed by atoms with Gasteiger partial charge >= 0.3 is 0 Å². The summed E-state index contributed by atoms with van der Waals surface area (Å²) in [5, 5.41) is 6.67. The van der Waals surface area contributed by atoms with Gasteiger partial charge < -0.3 is 25.0 Å². The Morgan fingerprint density at radius 3 is 2.54 bits per heavy atom. The monoisotopic (exact) mass is 504 g/mol. The van der Waals surface area contributed by atoms with Crippen molar-refractivity contribution in [2.24, 2.45) is 4.99 Å². The molecule has 7 heteroatoms. The number of hydrogen-bond acceptors (Lipinski definition) is 4. The lowest BCUT2D eigenvalue weighted by Gasteiger charge is -2.18. The summed E-state index contributed by atoms with van der Waals surface area (Å²) in [7, 11) is 0. The smallest absolute Gasteiger partial charge is 0.191 e. The highest BCUT2D eigenvalue weighted by atomic mass is 127. The molecule has 1 heterocycles. The van der Waals surface area contributed by atoms with E-state index in [2.05, 4.69) is 53.4 Å². The van der Waals surface area contributed by atoms with Gasteiger partial charge in [-0.3, -0.25) is 0 Å². The van der Waals surface area contributed by atoms with E-state index in [0.717, 1.165) is 70.5 Å². The molecule has 0 bridgehead atoms. The largest absolute Gasteiger partial charge is 0.492 e. The number of aliphatic imine (C=N–C) groups is 1. The molecule has 1 atom stereocenters. The summed E-state index contributed by atoms with van der Waals surface area (Å²) in [6.07, 6.45) is 2.59. The number of rotatable bonds is 11. The highest BCUT2D eigenvalue weighted by Gasteiger charge is 2.15. The molecule has 160 valence electrons. The minimum atomic E-state index is 0. The van der Waals surface area contributed by atoms with E-state index >= 15 is 0 Å². The first-order chi connectivity index (χ1) is 13.2. The first kappa shape index (κ1) is 25.0. The number of nitrogens with one attached hydrogen (secondary N) is 2. The molecule has 0 saturated carbocycles. The topological polar surface area (TPSA) is 58.1 Å². The van der Waals surface area contributed by atoms with Crippen LogP contribution < -0.4 is 15.4 Å². The molecule has 1 aliphatic rings. The minimum Gasteiger partial charge on any atom is -0.492 e. The number of ether oxygens (including phenoxy) is 2. The quantitative estimate of drug-likeness (QED) is 0.275. The number of guanidine groups is 1. The Bertz CT molecular complexity index is 544. The number of nitrogens with zero attached hydrogens (tertiary/aromatic N) is 2. The van der Waals surface area contributed by atoms with Crippen molar-refractivity contribution in [1.82, 2.24) is 15.5 Å². The molecule has 6 nitrogen and oxygen atoms in total. The van der Waals surface area contributed by atoms with Crippen LogP contribution in [0.25, 0.3) is 0 Å². The van der Waals surface area contributed by atoms with E-state index in [4.69, 9.17) is 9.47 Å². The van der Waals surface area contributed by atoms with Crippen molar-refractivity contribution in [3.8, 4) is 5.75 Å². The van der Waals surface area contributed by atoms with Crippen molar-refractivity contribution in [1.29, 1.82) is 0 Å². The molecular weight excluding hydrogens is 467 g/mol. The van der Waals surface area contributed by atoms with Crippen LogP contribution in [0.2, 0.25) is 0 Å². The Morgan fingerprint density at radius 2 is 1.93 bits per heavy atom. The lowest BCUT2D eigenvalue weighted by atomic mass is 10.2. The van der Waals surface area contributed by atoms with Crippen LogP contribution in [0.4, 0.5) is 0 Å². The van der Waals surface area contributed by atoms with Crippen molar-refractivity contribution in [3.05, 3.63) is 29.8 Å². The molecule has 0 aromatic heterocycles. The molecule has 1 fully saturated rings. The van der Waals surface area contributed by atoms with Gasteiger partial charge in [0.15, 0.2) is 5.96 Å². The van der Waals surface area contributed by atoms with Crippen molar-refractivity contribution >= 4 is 29.9 Å². The van der Waals surface area contributed by atoms with Crippen molar-refractivity contribution < 1.29 is 9.47 Å². The molecule has 1 aliphatic heterocycles. The molecule has 1 saturated heterocycles. The lowest BCUT2D eigenvalue weighted by Crippen LogP contribution is -2.41. The van der Waals surface area contributed by atoms with E-state index in [-0.39, 0.29) is 24.0 Å². The van der Waals surface area contributed by atoms with E-state index in [1.165, 1.54) is 5.56 Å². The summed E-state index contributed by atoms with van der Waals surface area (Å²) in [5.41, 5.74) is 1.17. The Kier molecular flexibility index (Phi) is 13.3. The van der Waals surface area contributed by atoms with Crippen molar-refractivity contribution in [2.75, 3.05) is 45.9 Å². The summed E-state index contributed by atoms with van der Waals surface area (Å²) in [6, 6.07) is 8.22. The van der Waals surface area contributed by atoms with Crippen LogP contribution in [0.1, 0.15) is 39.2 Å². The van der Waals surface area contributed by atoms with E-state index in [1.807, 2.05) is 12.1 Å². The van der Waals surface area contributed by atoms with Gasteiger partial charge in [0, 0.05) is 26.2 Å². The fourth-order valence-corrected chi connectivity index (χ4v) is 3.05. The van der Waals surface area contributed by atoms with Crippen LogP contribution in [-0.2, 0) is 11.3 Å². The van der Waals surface area contributed by atoms with E-state index in [1.54, 1.807) is 0 Å². The number of halogens is 1. The third-order valence-electron chi connectivity index (χ3n) is 4.78. The predicted molar refractivity (Wildman–Crippen MR) is 127 cm³/mol. The Hall–Kier alpha value is -1.06. The molecular formula is C21H37IN4O2. The molecule has 1 aromatic rings. The van der Waals surface area contributed by atoms with Gasteiger partial charge in [0.1, 0.15) is 12.4 Å². The third-order valence-corrected chi connectivity index (χ3v) is 4.78. The van der Waals surface area contributed by atoms with Crippen LogP contribution in [0, 0.1) is 0 Å². The van der Waals surface area contributed by atoms with Crippen molar-refractivity contribution in [3.63, 3.8) is 0 Å². The summed E-state index contributed by atoms with van der Waals surface area (Å²) >= 11 is 0. The number of likely N-dealkylation sites (N-methyl/N-ethyl adjacent to an activating group) is 1. The Labute approximate surface area is 187 Å². The summed E-state index contributed by atoms with van der Waals surface area (Å²) < 4.78 is 11.5.